The van der Waals surface area contributed by atoms with Gasteiger partial charge < -0.3 is 10.6 Å². The van der Waals surface area contributed by atoms with Crippen molar-refractivity contribution in [1.29, 1.82) is 0 Å². The van der Waals surface area contributed by atoms with Crippen molar-refractivity contribution in [2.24, 2.45) is 0 Å². The number of carbonyl (C=O) groups excluding carboxylic acids is 2. The summed E-state index contributed by atoms with van der Waals surface area (Å²) in [4.78, 5) is 24.8. The molecule has 0 aliphatic heterocycles. The number of hydrogen-bond donors (Lipinski definition) is 2. The molecule has 4 nitrogen and oxygen atoms in total. The molecule has 0 aliphatic rings. The van der Waals surface area contributed by atoms with Gasteiger partial charge in [0.2, 0.25) is 5.91 Å². The van der Waals surface area contributed by atoms with E-state index in [-0.39, 0.29) is 5.91 Å². The molecule has 35 heavy (non-hydrogen) atoms. The van der Waals surface area contributed by atoms with Gasteiger partial charge in [-0.25, -0.2) is 17.6 Å². The summed E-state index contributed by atoms with van der Waals surface area (Å²) in [6.45, 7) is 1.78. The average molecular weight is 516 g/mol. The van der Waals surface area contributed by atoms with E-state index in [2.05, 4.69) is 5.32 Å². The van der Waals surface area contributed by atoms with Gasteiger partial charge in [-0.2, -0.15) is 13.2 Å². The number of thioether (sulfide) groups is 1. The molecule has 0 bridgehead atoms. The predicted octanol–water partition coefficient (Wildman–Crippen LogP) is 6.55. The van der Waals surface area contributed by atoms with Crippen LogP contribution in [0.3, 0.4) is 0 Å². The molecule has 0 saturated carbocycles. The monoisotopic (exact) mass is 516 g/mol. The number of halogens is 7. The molecule has 0 aromatic heterocycles. The van der Waals surface area contributed by atoms with Gasteiger partial charge in [0, 0.05) is 16.1 Å². The van der Waals surface area contributed by atoms with E-state index in [9.17, 15) is 40.3 Å². The second kappa shape index (κ2) is 10.4. The van der Waals surface area contributed by atoms with Gasteiger partial charge in [0.1, 0.15) is 11.3 Å². The lowest BCUT2D eigenvalue weighted by molar-refractivity contribution is -0.143. The molecule has 0 aliphatic carbocycles. The van der Waals surface area contributed by atoms with Crippen LogP contribution in [0.1, 0.15) is 21.5 Å². The summed E-state index contributed by atoms with van der Waals surface area (Å²) in [6, 6.07) is 13.1. The molecule has 0 heterocycles. The van der Waals surface area contributed by atoms with Crippen molar-refractivity contribution in [3.05, 3.63) is 88.5 Å². The summed E-state index contributed by atoms with van der Waals surface area (Å²) in [6.07, 6.45) is -5.68. The Hall–Kier alpha value is -3.54. The number of carbonyl (C=O) groups is 2. The zero-order chi connectivity index (χ0) is 25.9. The highest BCUT2D eigenvalue weighted by Gasteiger charge is 2.42. The van der Waals surface area contributed by atoms with Crippen LogP contribution in [0.2, 0.25) is 0 Å². The van der Waals surface area contributed by atoms with Gasteiger partial charge in [-0.3, -0.25) is 9.59 Å². The van der Waals surface area contributed by atoms with Gasteiger partial charge in [0.15, 0.2) is 23.3 Å². The highest BCUT2D eigenvalue weighted by Crippen LogP contribution is 2.38. The number of aryl methyl sites for hydroxylation is 1. The second-order valence-electron chi connectivity index (χ2n) is 7.13. The van der Waals surface area contributed by atoms with E-state index in [0.717, 1.165) is 17.3 Å². The van der Waals surface area contributed by atoms with Crippen LogP contribution in [0.5, 0.6) is 0 Å². The molecule has 0 spiro atoms. The minimum absolute atomic E-state index is 0.331. The van der Waals surface area contributed by atoms with Crippen molar-refractivity contribution in [1.82, 2.24) is 0 Å². The summed E-state index contributed by atoms with van der Waals surface area (Å²) < 4.78 is 93.1. The molecule has 3 aromatic rings. The van der Waals surface area contributed by atoms with Crippen LogP contribution in [0.15, 0.2) is 53.4 Å². The molecule has 12 heteroatoms. The van der Waals surface area contributed by atoms with E-state index < -0.39 is 52.4 Å². The molecule has 2 N–H and O–H groups in total. The highest BCUT2D eigenvalue weighted by molar-refractivity contribution is 8.00. The van der Waals surface area contributed by atoms with Crippen LogP contribution in [0, 0.1) is 30.2 Å². The van der Waals surface area contributed by atoms with E-state index in [4.69, 9.17) is 0 Å². The topological polar surface area (TPSA) is 58.2 Å². The number of benzene rings is 3. The molecule has 2 amide bonds. The number of hydrogen-bond acceptors (Lipinski definition) is 3. The van der Waals surface area contributed by atoms with Gasteiger partial charge >= 0.3 is 6.18 Å². The van der Waals surface area contributed by atoms with E-state index in [1.54, 1.807) is 36.5 Å². The quantitative estimate of drug-likeness (QED) is 0.222. The van der Waals surface area contributed by atoms with Crippen LogP contribution in [-0.2, 0) is 11.0 Å². The molecule has 0 atom stereocenters. The van der Waals surface area contributed by atoms with Gasteiger partial charge in [-0.1, -0.05) is 18.2 Å². The molecular weight excluding hydrogens is 501 g/mol. The first-order chi connectivity index (χ1) is 16.4. The van der Waals surface area contributed by atoms with Crippen molar-refractivity contribution in [3.63, 3.8) is 0 Å². The molecule has 184 valence electrons. The fraction of sp³-hybridized carbons (Fsp3) is 0.130. The Kier molecular flexibility index (Phi) is 7.73. The Balaban J connectivity index is 1.64. The first-order valence-electron chi connectivity index (χ1n) is 9.73. The third-order valence-corrected chi connectivity index (χ3v) is 5.70. The SMILES string of the molecule is Cc1ccccc1C(=O)Nc1ccc(SCC(=O)Nc2c(F)c(F)c(C(F)(F)F)c(F)c2F)cc1. The van der Waals surface area contributed by atoms with Crippen molar-refractivity contribution in [3.8, 4) is 0 Å². The minimum Gasteiger partial charge on any atom is -0.322 e. The van der Waals surface area contributed by atoms with Crippen molar-refractivity contribution in [2.75, 3.05) is 16.4 Å². The van der Waals surface area contributed by atoms with Crippen LogP contribution < -0.4 is 10.6 Å². The summed E-state index contributed by atoms with van der Waals surface area (Å²) in [5, 5.41) is 4.26. The summed E-state index contributed by atoms with van der Waals surface area (Å²) in [7, 11) is 0. The third-order valence-electron chi connectivity index (χ3n) is 4.68. The maximum absolute atomic E-state index is 13.9. The van der Waals surface area contributed by atoms with Crippen molar-refractivity contribution < 1.29 is 40.3 Å². The summed E-state index contributed by atoms with van der Waals surface area (Å²) >= 11 is 0.865. The lowest BCUT2D eigenvalue weighted by Gasteiger charge is -2.14. The molecule has 0 fully saturated rings. The van der Waals surface area contributed by atoms with Crippen molar-refractivity contribution in [2.45, 2.75) is 18.0 Å². The third kappa shape index (κ3) is 5.94. The van der Waals surface area contributed by atoms with Crippen molar-refractivity contribution >= 4 is 35.0 Å². The molecular formula is C23H15F7N2O2S. The fourth-order valence-corrected chi connectivity index (χ4v) is 3.67. The van der Waals surface area contributed by atoms with Crippen LogP contribution in [0.4, 0.5) is 42.1 Å². The van der Waals surface area contributed by atoms with E-state index in [1.165, 1.54) is 24.3 Å². The molecule has 3 aromatic carbocycles. The van der Waals surface area contributed by atoms with Gasteiger partial charge in [0.05, 0.1) is 5.75 Å². The minimum atomic E-state index is -5.68. The maximum Gasteiger partial charge on any atom is 0.422 e. The lowest BCUT2D eigenvalue weighted by Crippen LogP contribution is -2.21. The number of alkyl halides is 3. The Bertz CT molecular complexity index is 1250. The Morgan fingerprint density at radius 2 is 1.40 bits per heavy atom. The van der Waals surface area contributed by atoms with Crippen LogP contribution in [0.25, 0.3) is 0 Å². The molecule has 0 saturated heterocycles. The smallest absolute Gasteiger partial charge is 0.322 e. The standard InChI is InChI=1S/C23H15F7N2O2S/c1-11-4-2-3-5-14(11)22(34)31-12-6-8-13(9-7-12)35-10-15(33)32-21-19(26)17(24)16(23(28,29)30)18(25)20(21)27/h2-9H,10H2,1H3,(H,31,34)(H,32,33). The molecule has 0 unspecified atom stereocenters. The lowest BCUT2D eigenvalue weighted by atomic mass is 10.1. The fourth-order valence-electron chi connectivity index (χ4n) is 2.98. The number of nitrogens with one attached hydrogen (secondary N) is 2. The Morgan fingerprint density at radius 3 is 1.94 bits per heavy atom. The zero-order valence-electron chi connectivity index (χ0n) is 17.7. The van der Waals surface area contributed by atoms with Crippen LogP contribution >= 0.6 is 11.8 Å². The zero-order valence-corrected chi connectivity index (χ0v) is 18.5. The molecule has 0 radical (unpaired) electrons. The normalized spacial score (nSPS) is 11.3. The van der Waals surface area contributed by atoms with Crippen LogP contribution in [-0.4, -0.2) is 17.6 Å². The second-order valence-corrected chi connectivity index (χ2v) is 8.18. The molecule has 3 rings (SSSR count). The summed E-state index contributed by atoms with van der Waals surface area (Å²) in [5.74, 6) is -12.0. The van der Waals surface area contributed by atoms with E-state index in [0.29, 0.717) is 16.1 Å². The number of rotatable bonds is 6. The average Bonchev–Trinajstić information content (AvgIpc) is 2.79. The summed E-state index contributed by atoms with van der Waals surface area (Å²) in [5.41, 5.74) is -2.67. The Labute approximate surface area is 198 Å². The number of amides is 2. The largest absolute Gasteiger partial charge is 0.422 e. The maximum atomic E-state index is 13.9. The van der Waals surface area contributed by atoms with Gasteiger partial charge in [0.25, 0.3) is 5.91 Å². The van der Waals surface area contributed by atoms with Gasteiger partial charge in [-0.15, -0.1) is 11.8 Å². The Morgan fingerprint density at radius 1 is 0.829 bits per heavy atom. The van der Waals surface area contributed by atoms with E-state index >= 15 is 0 Å². The van der Waals surface area contributed by atoms with Gasteiger partial charge in [-0.05, 0) is 42.8 Å². The van der Waals surface area contributed by atoms with E-state index in [1.807, 2.05) is 0 Å². The predicted molar refractivity (Wildman–Crippen MR) is 116 cm³/mol. The first-order valence-corrected chi connectivity index (χ1v) is 10.7. The first kappa shape index (κ1) is 26.1. The highest BCUT2D eigenvalue weighted by atomic mass is 32.2. The number of anilines is 2.